The zero-order valence-corrected chi connectivity index (χ0v) is 10.6. The summed E-state index contributed by atoms with van der Waals surface area (Å²) in [5.41, 5.74) is 1.42. The molecule has 0 aliphatic carbocycles. The molecule has 0 amide bonds. The minimum absolute atomic E-state index is 0.0760. The molecule has 0 bridgehead atoms. The molecule has 100 valence electrons. The number of phenols is 1. The fourth-order valence-electron chi connectivity index (χ4n) is 1.77. The first-order chi connectivity index (χ1) is 9.20. The Labute approximate surface area is 110 Å². The summed E-state index contributed by atoms with van der Waals surface area (Å²) < 4.78 is 18.2. The van der Waals surface area contributed by atoms with Crippen molar-refractivity contribution in [1.82, 2.24) is 10.3 Å². The molecule has 0 atom stereocenters. The first kappa shape index (κ1) is 13.3. The van der Waals surface area contributed by atoms with Crippen molar-refractivity contribution in [1.29, 1.82) is 0 Å². The average Bonchev–Trinajstić information content (AvgIpc) is 2.43. The Morgan fingerprint density at radius 2 is 2.05 bits per heavy atom. The van der Waals surface area contributed by atoms with Crippen LogP contribution in [0.1, 0.15) is 11.1 Å². The van der Waals surface area contributed by atoms with Gasteiger partial charge in [0.15, 0.2) is 0 Å². The van der Waals surface area contributed by atoms with Gasteiger partial charge in [0.05, 0.1) is 7.11 Å². The van der Waals surface area contributed by atoms with E-state index in [1.807, 2.05) is 12.1 Å². The number of methoxy groups -OCH3 is 1. The van der Waals surface area contributed by atoms with Gasteiger partial charge in [-0.25, -0.2) is 9.37 Å². The molecular weight excluding hydrogens is 247 g/mol. The molecule has 2 aromatic rings. The van der Waals surface area contributed by atoms with E-state index in [2.05, 4.69) is 10.3 Å². The van der Waals surface area contributed by atoms with Crippen LogP contribution in [0.4, 0.5) is 4.39 Å². The van der Waals surface area contributed by atoms with Crippen molar-refractivity contribution < 1.29 is 14.2 Å². The SMILES string of the molecule is COc1ncccc1CNCc1cc(F)ccc1O. The molecular formula is C14H15FN2O2. The van der Waals surface area contributed by atoms with Crippen LogP contribution in [0.2, 0.25) is 0 Å². The normalized spacial score (nSPS) is 10.4. The highest BCUT2D eigenvalue weighted by molar-refractivity contribution is 5.32. The van der Waals surface area contributed by atoms with E-state index in [0.717, 1.165) is 5.56 Å². The van der Waals surface area contributed by atoms with Gasteiger partial charge in [0.1, 0.15) is 11.6 Å². The lowest BCUT2D eigenvalue weighted by molar-refractivity contribution is 0.390. The Bertz CT molecular complexity index is 561. The van der Waals surface area contributed by atoms with Gasteiger partial charge in [-0.05, 0) is 24.3 Å². The first-order valence-electron chi connectivity index (χ1n) is 5.86. The molecule has 1 heterocycles. The molecule has 2 N–H and O–H groups in total. The minimum atomic E-state index is -0.367. The second-order valence-corrected chi connectivity index (χ2v) is 4.05. The maximum Gasteiger partial charge on any atom is 0.217 e. The summed E-state index contributed by atoms with van der Waals surface area (Å²) >= 11 is 0. The summed E-state index contributed by atoms with van der Waals surface area (Å²) in [6.45, 7) is 0.884. The van der Waals surface area contributed by atoms with E-state index in [1.54, 1.807) is 13.3 Å². The number of hydrogen-bond acceptors (Lipinski definition) is 4. The van der Waals surface area contributed by atoms with E-state index in [9.17, 15) is 9.50 Å². The monoisotopic (exact) mass is 262 g/mol. The van der Waals surface area contributed by atoms with Gasteiger partial charge in [0.25, 0.3) is 0 Å². The number of nitrogens with one attached hydrogen (secondary N) is 1. The summed E-state index contributed by atoms with van der Waals surface area (Å²) in [4.78, 5) is 4.08. The quantitative estimate of drug-likeness (QED) is 0.867. The fraction of sp³-hybridized carbons (Fsp3) is 0.214. The van der Waals surface area contributed by atoms with Crippen LogP contribution in [0.15, 0.2) is 36.5 Å². The van der Waals surface area contributed by atoms with Crippen LogP contribution in [0.25, 0.3) is 0 Å². The molecule has 1 aromatic heterocycles. The van der Waals surface area contributed by atoms with E-state index in [-0.39, 0.29) is 11.6 Å². The zero-order chi connectivity index (χ0) is 13.7. The maximum atomic E-state index is 13.0. The lowest BCUT2D eigenvalue weighted by Gasteiger charge is -2.09. The number of aromatic hydroxyl groups is 1. The van der Waals surface area contributed by atoms with Crippen molar-refractivity contribution in [3.63, 3.8) is 0 Å². The highest BCUT2D eigenvalue weighted by Crippen LogP contribution is 2.18. The molecule has 5 heteroatoms. The number of hydrogen-bond donors (Lipinski definition) is 2. The molecule has 2 rings (SSSR count). The average molecular weight is 262 g/mol. The van der Waals surface area contributed by atoms with Gasteiger partial charge in [0.2, 0.25) is 5.88 Å². The predicted molar refractivity (Wildman–Crippen MR) is 69.4 cm³/mol. The third-order valence-electron chi connectivity index (χ3n) is 2.72. The van der Waals surface area contributed by atoms with E-state index in [1.165, 1.54) is 18.2 Å². The van der Waals surface area contributed by atoms with E-state index in [0.29, 0.717) is 24.5 Å². The molecule has 19 heavy (non-hydrogen) atoms. The van der Waals surface area contributed by atoms with Crippen LogP contribution in [-0.2, 0) is 13.1 Å². The fourth-order valence-corrected chi connectivity index (χ4v) is 1.77. The van der Waals surface area contributed by atoms with Gasteiger partial charge >= 0.3 is 0 Å². The molecule has 0 unspecified atom stereocenters. The lowest BCUT2D eigenvalue weighted by atomic mass is 10.2. The van der Waals surface area contributed by atoms with E-state index >= 15 is 0 Å². The van der Waals surface area contributed by atoms with Crippen molar-refractivity contribution >= 4 is 0 Å². The molecule has 0 fully saturated rings. The van der Waals surface area contributed by atoms with Crippen LogP contribution >= 0.6 is 0 Å². The van der Waals surface area contributed by atoms with Crippen LogP contribution in [0, 0.1) is 5.82 Å². The second-order valence-electron chi connectivity index (χ2n) is 4.05. The number of nitrogens with zero attached hydrogens (tertiary/aromatic N) is 1. The summed E-state index contributed by atoms with van der Waals surface area (Å²) in [5, 5.41) is 12.7. The van der Waals surface area contributed by atoms with Gasteiger partial charge in [-0.1, -0.05) is 6.07 Å². The lowest BCUT2D eigenvalue weighted by Crippen LogP contribution is -2.14. The number of benzene rings is 1. The summed E-state index contributed by atoms with van der Waals surface area (Å²) in [7, 11) is 1.56. The van der Waals surface area contributed by atoms with Crippen LogP contribution in [0.5, 0.6) is 11.6 Å². The Balaban J connectivity index is 1.98. The van der Waals surface area contributed by atoms with Gasteiger partial charge in [-0.3, -0.25) is 0 Å². The highest BCUT2D eigenvalue weighted by Gasteiger charge is 2.05. The van der Waals surface area contributed by atoms with Gasteiger partial charge in [-0.2, -0.15) is 0 Å². The van der Waals surface area contributed by atoms with Crippen molar-refractivity contribution in [2.24, 2.45) is 0 Å². The summed E-state index contributed by atoms with van der Waals surface area (Å²) in [6, 6.07) is 7.59. The maximum absolute atomic E-state index is 13.0. The third-order valence-corrected chi connectivity index (χ3v) is 2.72. The molecule has 1 aromatic carbocycles. The van der Waals surface area contributed by atoms with E-state index in [4.69, 9.17) is 4.74 Å². The van der Waals surface area contributed by atoms with Gasteiger partial charge in [-0.15, -0.1) is 0 Å². The Morgan fingerprint density at radius 1 is 1.26 bits per heavy atom. The zero-order valence-electron chi connectivity index (χ0n) is 10.6. The van der Waals surface area contributed by atoms with Crippen LogP contribution in [0.3, 0.4) is 0 Å². The topological polar surface area (TPSA) is 54.4 Å². The van der Waals surface area contributed by atoms with Crippen molar-refractivity contribution in [2.75, 3.05) is 7.11 Å². The van der Waals surface area contributed by atoms with Crippen LogP contribution in [-0.4, -0.2) is 17.2 Å². The molecule has 0 radical (unpaired) electrons. The molecule has 4 nitrogen and oxygen atoms in total. The number of phenolic OH excluding ortho intramolecular Hbond substituents is 1. The number of ether oxygens (including phenoxy) is 1. The van der Waals surface area contributed by atoms with Gasteiger partial charge in [0, 0.05) is 30.4 Å². The van der Waals surface area contributed by atoms with Crippen LogP contribution < -0.4 is 10.1 Å². The van der Waals surface area contributed by atoms with E-state index < -0.39 is 0 Å². The van der Waals surface area contributed by atoms with Crippen molar-refractivity contribution in [3.05, 3.63) is 53.5 Å². The van der Waals surface area contributed by atoms with Gasteiger partial charge < -0.3 is 15.2 Å². The molecule has 0 saturated heterocycles. The van der Waals surface area contributed by atoms with Crippen molar-refractivity contribution in [3.8, 4) is 11.6 Å². The largest absolute Gasteiger partial charge is 0.508 e. The predicted octanol–water partition coefficient (Wildman–Crippen LogP) is 2.22. The molecule has 0 aliphatic rings. The van der Waals surface area contributed by atoms with Crippen molar-refractivity contribution in [2.45, 2.75) is 13.1 Å². The smallest absolute Gasteiger partial charge is 0.217 e. The molecule has 0 saturated carbocycles. The second kappa shape index (κ2) is 6.15. The third kappa shape index (κ3) is 3.42. The molecule has 0 aliphatic heterocycles. The standard InChI is InChI=1S/C14H15FN2O2/c1-19-14-10(3-2-6-17-14)8-16-9-11-7-12(15)4-5-13(11)18/h2-7,16,18H,8-9H2,1H3. The Morgan fingerprint density at radius 3 is 2.84 bits per heavy atom. The number of pyridine rings is 1. The Hall–Kier alpha value is -2.14. The first-order valence-corrected chi connectivity index (χ1v) is 5.86. The number of rotatable bonds is 5. The summed E-state index contributed by atoms with van der Waals surface area (Å²) in [5.74, 6) is 0.263. The number of aromatic nitrogens is 1. The Kier molecular flexibility index (Phi) is 4.30. The molecule has 0 spiro atoms. The minimum Gasteiger partial charge on any atom is -0.508 e. The highest BCUT2D eigenvalue weighted by atomic mass is 19.1. The summed E-state index contributed by atoms with van der Waals surface area (Å²) in [6.07, 6.45) is 1.65. The number of halogens is 1.